The van der Waals surface area contributed by atoms with Crippen molar-refractivity contribution in [2.45, 2.75) is 39.3 Å². The summed E-state index contributed by atoms with van der Waals surface area (Å²) in [7, 11) is 0. The third-order valence-electron chi connectivity index (χ3n) is 3.79. The summed E-state index contributed by atoms with van der Waals surface area (Å²) in [5.41, 5.74) is 4.63. The van der Waals surface area contributed by atoms with Gasteiger partial charge in [-0.25, -0.2) is 0 Å². The molecule has 112 valence electrons. The fourth-order valence-corrected chi connectivity index (χ4v) is 2.25. The minimum atomic E-state index is -0.483. The standard InChI is InChI=1S/C18H24N2O/c1-13(2)15-4-6-16(7-5-15)18(21)12-20-11-17-10-19-9-8-14(17)3/h4-10,13,18,20-21H,11-12H2,1-3H3. The smallest absolute Gasteiger partial charge is 0.0914 e. The van der Waals surface area contributed by atoms with E-state index in [1.807, 2.05) is 24.4 Å². The first-order valence-electron chi connectivity index (χ1n) is 7.46. The first kappa shape index (κ1) is 15.7. The molecule has 0 bridgehead atoms. The van der Waals surface area contributed by atoms with Gasteiger partial charge in [0.2, 0.25) is 0 Å². The maximum Gasteiger partial charge on any atom is 0.0914 e. The SMILES string of the molecule is Cc1ccncc1CNCC(O)c1ccc(C(C)C)cc1. The molecule has 2 N–H and O–H groups in total. The summed E-state index contributed by atoms with van der Waals surface area (Å²) in [6, 6.07) is 10.2. The third kappa shape index (κ3) is 4.38. The molecule has 0 aliphatic heterocycles. The topological polar surface area (TPSA) is 45.2 Å². The van der Waals surface area contributed by atoms with Gasteiger partial charge < -0.3 is 10.4 Å². The van der Waals surface area contributed by atoms with Crippen molar-refractivity contribution in [3.8, 4) is 0 Å². The maximum atomic E-state index is 10.2. The van der Waals surface area contributed by atoms with Gasteiger partial charge in [0, 0.05) is 25.5 Å². The lowest BCUT2D eigenvalue weighted by Gasteiger charge is -2.14. The Morgan fingerprint density at radius 3 is 2.38 bits per heavy atom. The molecule has 1 aromatic heterocycles. The first-order chi connectivity index (χ1) is 10.1. The monoisotopic (exact) mass is 284 g/mol. The van der Waals surface area contributed by atoms with E-state index in [1.165, 1.54) is 16.7 Å². The number of nitrogens with zero attached hydrogens (tertiary/aromatic N) is 1. The van der Waals surface area contributed by atoms with Crippen LogP contribution in [0, 0.1) is 6.92 Å². The Morgan fingerprint density at radius 2 is 1.76 bits per heavy atom. The van der Waals surface area contributed by atoms with Gasteiger partial charge in [-0.15, -0.1) is 0 Å². The number of aliphatic hydroxyl groups excluding tert-OH is 1. The van der Waals surface area contributed by atoms with Crippen LogP contribution < -0.4 is 5.32 Å². The second-order valence-corrected chi connectivity index (χ2v) is 5.77. The van der Waals surface area contributed by atoms with Crippen LogP contribution in [0.5, 0.6) is 0 Å². The Hall–Kier alpha value is -1.71. The van der Waals surface area contributed by atoms with Gasteiger partial charge in [-0.05, 0) is 41.2 Å². The lowest BCUT2D eigenvalue weighted by Crippen LogP contribution is -2.21. The Balaban J connectivity index is 1.87. The molecule has 0 radical (unpaired) electrons. The van der Waals surface area contributed by atoms with Gasteiger partial charge in [0.25, 0.3) is 0 Å². The van der Waals surface area contributed by atoms with E-state index in [4.69, 9.17) is 0 Å². The summed E-state index contributed by atoms with van der Waals surface area (Å²) in [5.74, 6) is 0.517. The van der Waals surface area contributed by atoms with Crippen LogP contribution in [0.1, 0.15) is 48.1 Å². The quantitative estimate of drug-likeness (QED) is 0.855. The highest BCUT2D eigenvalue weighted by atomic mass is 16.3. The van der Waals surface area contributed by atoms with Crippen LogP contribution in [0.2, 0.25) is 0 Å². The van der Waals surface area contributed by atoms with E-state index in [9.17, 15) is 5.11 Å². The van der Waals surface area contributed by atoms with Gasteiger partial charge >= 0.3 is 0 Å². The number of aromatic nitrogens is 1. The lowest BCUT2D eigenvalue weighted by atomic mass is 10.00. The molecule has 1 heterocycles. The minimum Gasteiger partial charge on any atom is -0.387 e. The highest BCUT2D eigenvalue weighted by Crippen LogP contribution is 2.18. The molecule has 1 unspecified atom stereocenters. The molecule has 3 nitrogen and oxygen atoms in total. The zero-order chi connectivity index (χ0) is 15.2. The number of benzene rings is 1. The largest absolute Gasteiger partial charge is 0.387 e. The van der Waals surface area contributed by atoms with Crippen molar-refractivity contribution in [2.75, 3.05) is 6.54 Å². The molecular formula is C18H24N2O. The Kier molecular flexibility index (Phi) is 5.48. The van der Waals surface area contributed by atoms with Crippen LogP contribution in [0.25, 0.3) is 0 Å². The number of nitrogens with one attached hydrogen (secondary N) is 1. The van der Waals surface area contributed by atoms with Gasteiger partial charge in [-0.2, -0.15) is 0 Å². The Bertz CT molecular complexity index is 564. The predicted octanol–water partition coefficient (Wildman–Crippen LogP) is 3.34. The molecule has 0 saturated heterocycles. The summed E-state index contributed by atoms with van der Waals surface area (Å²) in [6.07, 6.45) is 3.18. The van der Waals surface area contributed by atoms with Crippen LogP contribution in [0.4, 0.5) is 0 Å². The second-order valence-electron chi connectivity index (χ2n) is 5.77. The summed E-state index contributed by atoms with van der Waals surface area (Å²) in [6.45, 7) is 7.67. The van der Waals surface area contributed by atoms with E-state index >= 15 is 0 Å². The van der Waals surface area contributed by atoms with Crippen molar-refractivity contribution in [3.63, 3.8) is 0 Å². The van der Waals surface area contributed by atoms with E-state index in [0.717, 1.165) is 12.1 Å². The summed E-state index contributed by atoms with van der Waals surface area (Å²) in [5, 5.41) is 13.5. The fraction of sp³-hybridized carbons (Fsp3) is 0.389. The highest BCUT2D eigenvalue weighted by Gasteiger charge is 2.08. The molecule has 2 aromatic rings. The van der Waals surface area contributed by atoms with Crippen LogP contribution in [0.3, 0.4) is 0 Å². The zero-order valence-corrected chi connectivity index (χ0v) is 13.0. The van der Waals surface area contributed by atoms with Gasteiger partial charge in [-0.1, -0.05) is 38.1 Å². The number of aliphatic hydroxyl groups is 1. The molecule has 0 amide bonds. The molecule has 0 aliphatic carbocycles. The summed E-state index contributed by atoms with van der Waals surface area (Å²) < 4.78 is 0. The van der Waals surface area contributed by atoms with Crippen LogP contribution in [0.15, 0.2) is 42.7 Å². The van der Waals surface area contributed by atoms with Gasteiger partial charge in [-0.3, -0.25) is 4.98 Å². The van der Waals surface area contributed by atoms with Crippen molar-refractivity contribution in [3.05, 3.63) is 65.0 Å². The Morgan fingerprint density at radius 1 is 1.10 bits per heavy atom. The zero-order valence-electron chi connectivity index (χ0n) is 13.0. The number of hydrogen-bond acceptors (Lipinski definition) is 3. The average Bonchev–Trinajstić information content (AvgIpc) is 2.49. The molecule has 1 atom stereocenters. The minimum absolute atomic E-state index is 0.483. The number of hydrogen-bond donors (Lipinski definition) is 2. The van der Waals surface area contributed by atoms with Crippen molar-refractivity contribution >= 4 is 0 Å². The third-order valence-corrected chi connectivity index (χ3v) is 3.79. The molecule has 2 rings (SSSR count). The highest BCUT2D eigenvalue weighted by molar-refractivity contribution is 5.26. The van der Waals surface area contributed by atoms with Crippen molar-refractivity contribution in [1.82, 2.24) is 10.3 Å². The number of rotatable bonds is 6. The van der Waals surface area contributed by atoms with E-state index in [0.29, 0.717) is 12.5 Å². The van der Waals surface area contributed by atoms with Crippen molar-refractivity contribution in [2.24, 2.45) is 0 Å². The molecule has 0 aliphatic rings. The van der Waals surface area contributed by atoms with E-state index in [1.54, 1.807) is 6.20 Å². The summed E-state index contributed by atoms with van der Waals surface area (Å²) >= 11 is 0. The number of pyridine rings is 1. The summed E-state index contributed by atoms with van der Waals surface area (Å²) in [4.78, 5) is 4.13. The second kappa shape index (κ2) is 7.34. The Labute approximate surface area is 127 Å². The molecular weight excluding hydrogens is 260 g/mol. The van der Waals surface area contributed by atoms with Crippen molar-refractivity contribution < 1.29 is 5.11 Å². The molecule has 0 spiro atoms. The van der Waals surface area contributed by atoms with Gasteiger partial charge in [0.1, 0.15) is 0 Å². The lowest BCUT2D eigenvalue weighted by molar-refractivity contribution is 0.174. The van der Waals surface area contributed by atoms with E-state index < -0.39 is 6.10 Å². The molecule has 0 saturated carbocycles. The van der Waals surface area contributed by atoms with E-state index in [-0.39, 0.29) is 0 Å². The number of aryl methyl sites for hydroxylation is 1. The van der Waals surface area contributed by atoms with Gasteiger partial charge in [0.05, 0.1) is 6.10 Å². The molecule has 21 heavy (non-hydrogen) atoms. The molecule has 0 fully saturated rings. The van der Waals surface area contributed by atoms with E-state index in [2.05, 4.69) is 43.2 Å². The normalized spacial score (nSPS) is 12.6. The average molecular weight is 284 g/mol. The first-order valence-corrected chi connectivity index (χ1v) is 7.46. The van der Waals surface area contributed by atoms with Crippen LogP contribution in [-0.4, -0.2) is 16.6 Å². The van der Waals surface area contributed by atoms with Crippen LogP contribution >= 0.6 is 0 Å². The predicted molar refractivity (Wildman–Crippen MR) is 86.2 cm³/mol. The molecule has 1 aromatic carbocycles. The fourth-order valence-electron chi connectivity index (χ4n) is 2.25. The van der Waals surface area contributed by atoms with Crippen LogP contribution in [-0.2, 0) is 6.54 Å². The van der Waals surface area contributed by atoms with Crippen molar-refractivity contribution in [1.29, 1.82) is 0 Å². The maximum absolute atomic E-state index is 10.2. The van der Waals surface area contributed by atoms with Gasteiger partial charge in [0.15, 0.2) is 0 Å². The molecule has 3 heteroatoms.